The van der Waals surface area contributed by atoms with Crippen molar-refractivity contribution in [3.63, 3.8) is 0 Å². The van der Waals surface area contributed by atoms with Crippen molar-refractivity contribution in [3.05, 3.63) is 41.3 Å². The number of hydrogen-bond donors (Lipinski definition) is 0. The lowest BCUT2D eigenvalue weighted by Gasteiger charge is -2.07. The summed E-state index contributed by atoms with van der Waals surface area (Å²) < 4.78 is 28.4. The topological polar surface area (TPSA) is 69.2 Å². The van der Waals surface area contributed by atoms with E-state index in [1.165, 1.54) is 18.2 Å². The molecule has 0 saturated heterocycles. The molecule has 0 N–H and O–H groups in total. The molecule has 1 heterocycles. The molecule has 0 amide bonds. The molecule has 110 valence electrons. The van der Waals surface area contributed by atoms with Gasteiger partial charge in [-0.05, 0) is 37.1 Å². The van der Waals surface area contributed by atoms with E-state index < -0.39 is 9.84 Å². The molecule has 21 heavy (non-hydrogen) atoms. The number of rotatable bonds is 4. The van der Waals surface area contributed by atoms with Gasteiger partial charge in [-0.1, -0.05) is 11.6 Å². The molecule has 5 nitrogen and oxygen atoms in total. The second-order valence-electron chi connectivity index (χ2n) is 5.01. The number of hydrogen-bond acceptors (Lipinski definition) is 5. The Labute approximate surface area is 127 Å². The molecule has 1 saturated carbocycles. The normalized spacial score (nSPS) is 15.0. The van der Waals surface area contributed by atoms with E-state index in [9.17, 15) is 8.42 Å². The fourth-order valence-electron chi connectivity index (χ4n) is 1.87. The molecule has 0 spiro atoms. The van der Waals surface area contributed by atoms with Crippen molar-refractivity contribution in [2.45, 2.75) is 23.7 Å². The van der Waals surface area contributed by atoms with Crippen LogP contribution in [0.15, 0.2) is 35.2 Å². The molecule has 0 aliphatic heterocycles. The van der Waals surface area contributed by atoms with Crippen molar-refractivity contribution in [1.29, 1.82) is 0 Å². The molecule has 1 aromatic heterocycles. The van der Waals surface area contributed by atoms with Gasteiger partial charge >= 0.3 is 0 Å². The van der Waals surface area contributed by atoms with Crippen LogP contribution in [-0.4, -0.2) is 24.6 Å². The summed E-state index contributed by atoms with van der Waals surface area (Å²) in [5.74, 6) is 1.94. The minimum atomic E-state index is -3.21. The Morgan fingerprint density at radius 3 is 2.43 bits per heavy atom. The van der Waals surface area contributed by atoms with Gasteiger partial charge in [0.2, 0.25) is 5.88 Å². The van der Waals surface area contributed by atoms with E-state index in [4.69, 9.17) is 16.3 Å². The van der Waals surface area contributed by atoms with Gasteiger partial charge in [-0.3, -0.25) is 0 Å². The molecule has 0 unspecified atom stereocenters. The van der Waals surface area contributed by atoms with Gasteiger partial charge in [0.05, 0.1) is 4.90 Å². The lowest BCUT2D eigenvalue weighted by molar-refractivity contribution is 0.458. The van der Waals surface area contributed by atoms with Crippen molar-refractivity contribution in [3.8, 4) is 11.6 Å². The van der Waals surface area contributed by atoms with E-state index in [-0.39, 0.29) is 4.90 Å². The van der Waals surface area contributed by atoms with E-state index in [2.05, 4.69) is 9.97 Å². The zero-order chi connectivity index (χ0) is 15.0. The molecule has 0 bridgehead atoms. The van der Waals surface area contributed by atoms with E-state index in [0.717, 1.165) is 19.1 Å². The molecule has 7 heteroatoms. The van der Waals surface area contributed by atoms with Crippen LogP contribution in [0.5, 0.6) is 11.6 Å². The highest BCUT2D eigenvalue weighted by molar-refractivity contribution is 7.90. The van der Waals surface area contributed by atoms with Gasteiger partial charge in [-0.2, -0.15) is 4.98 Å². The van der Waals surface area contributed by atoms with E-state index in [1.54, 1.807) is 12.1 Å². The van der Waals surface area contributed by atoms with Crippen LogP contribution in [-0.2, 0) is 9.84 Å². The first-order chi connectivity index (χ1) is 9.91. The predicted molar refractivity (Wildman–Crippen MR) is 78.6 cm³/mol. The maximum Gasteiger partial charge on any atom is 0.224 e. The van der Waals surface area contributed by atoms with Gasteiger partial charge in [0.15, 0.2) is 9.84 Å². The number of benzene rings is 1. The van der Waals surface area contributed by atoms with Crippen LogP contribution in [0, 0.1) is 0 Å². The number of aromatic nitrogens is 2. The quantitative estimate of drug-likeness (QED) is 0.808. The summed E-state index contributed by atoms with van der Waals surface area (Å²) in [6.45, 7) is 0. The Kier molecular flexibility index (Phi) is 3.59. The van der Waals surface area contributed by atoms with Crippen LogP contribution in [0.25, 0.3) is 0 Å². The fraction of sp³-hybridized carbons (Fsp3) is 0.286. The number of halogens is 1. The zero-order valence-electron chi connectivity index (χ0n) is 11.3. The smallest absolute Gasteiger partial charge is 0.224 e. The zero-order valence-corrected chi connectivity index (χ0v) is 12.9. The van der Waals surface area contributed by atoms with Crippen molar-refractivity contribution >= 4 is 21.4 Å². The Hall–Kier alpha value is -1.66. The monoisotopic (exact) mass is 324 g/mol. The Balaban J connectivity index is 1.83. The molecule has 3 rings (SSSR count). The summed E-state index contributed by atoms with van der Waals surface area (Å²) in [6, 6.07) is 7.70. The molecule has 0 atom stereocenters. The second kappa shape index (κ2) is 5.27. The van der Waals surface area contributed by atoms with Gasteiger partial charge in [0.1, 0.15) is 16.7 Å². The van der Waals surface area contributed by atoms with Crippen molar-refractivity contribution < 1.29 is 13.2 Å². The predicted octanol–water partition coefficient (Wildman–Crippen LogP) is 3.20. The van der Waals surface area contributed by atoms with Gasteiger partial charge < -0.3 is 4.74 Å². The van der Waals surface area contributed by atoms with Crippen LogP contribution >= 0.6 is 11.6 Å². The molecule has 1 aliphatic rings. The van der Waals surface area contributed by atoms with Crippen LogP contribution in [0.3, 0.4) is 0 Å². The van der Waals surface area contributed by atoms with Crippen molar-refractivity contribution in [2.24, 2.45) is 0 Å². The summed E-state index contributed by atoms with van der Waals surface area (Å²) in [4.78, 5) is 8.75. The highest BCUT2D eigenvalue weighted by atomic mass is 35.5. The van der Waals surface area contributed by atoms with Crippen molar-refractivity contribution in [2.75, 3.05) is 6.26 Å². The van der Waals surface area contributed by atoms with E-state index in [0.29, 0.717) is 28.5 Å². The highest BCUT2D eigenvalue weighted by Crippen LogP contribution is 2.39. The highest BCUT2D eigenvalue weighted by Gasteiger charge is 2.27. The average molecular weight is 325 g/mol. The first-order valence-electron chi connectivity index (χ1n) is 6.44. The van der Waals surface area contributed by atoms with Crippen LogP contribution in [0.4, 0.5) is 0 Å². The number of ether oxygens (including phenoxy) is 1. The lowest BCUT2D eigenvalue weighted by Crippen LogP contribution is -1.98. The first-order valence-corrected chi connectivity index (χ1v) is 8.71. The second-order valence-corrected chi connectivity index (χ2v) is 7.41. The van der Waals surface area contributed by atoms with Crippen LogP contribution in [0.2, 0.25) is 5.15 Å². The minimum Gasteiger partial charge on any atom is -0.439 e. The summed E-state index contributed by atoms with van der Waals surface area (Å²) >= 11 is 5.96. The van der Waals surface area contributed by atoms with Crippen molar-refractivity contribution in [1.82, 2.24) is 9.97 Å². The average Bonchev–Trinajstić information content (AvgIpc) is 3.21. The number of nitrogens with zero attached hydrogens (tertiary/aromatic N) is 2. The molecule has 1 aromatic carbocycles. The summed E-state index contributed by atoms with van der Waals surface area (Å²) in [6.07, 6.45) is 3.31. The third kappa shape index (κ3) is 3.51. The van der Waals surface area contributed by atoms with Crippen LogP contribution in [0.1, 0.15) is 24.6 Å². The van der Waals surface area contributed by atoms with E-state index in [1.807, 2.05) is 0 Å². The van der Waals surface area contributed by atoms with Crippen LogP contribution < -0.4 is 4.74 Å². The summed E-state index contributed by atoms with van der Waals surface area (Å²) in [5.41, 5.74) is 0. The maximum absolute atomic E-state index is 11.4. The molecular weight excluding hydrogens is 312 g/mol. The Morgan fingerprint density at radius 2 is 1.86 bits per heavy atom. The maximum atomic E-state index is 11.4. The standard InChI is InChI=1S/C14H13ClN2O3S/c1-21(18,19)11-6-4-10(5-7-11)20-13-8-12(15)16-14(17-13)9-2-3-9/h4-9H,2-3H2,1H3. The number of sulfone groups is 1. The van der Waals surface area contributed by atoms with Gasteiger partial charge in [-0.25, -0.2) is 13.4 Å². The minimum absolute atomic E-state index is 0.245. The molecule has 2 aromatic rings. The summed E-state index contributed by atoms with van der Waals surface area (Å²) in [5, 5.41) is 0.342. The van der Waals surface area contributed by atoms with Gasteiger partial charge in [-0.15, -0.1) is 0 Å². The van der Waals surface area contributed by atoms with Gasteiger partial charge in [0.25, 0.3) is 0 Å². The largest absolute Gasteiger partial charge is 0.439 e. The third-order valence-corrected chi connectivity index (χ3v) is 4.43. The Bertz CT molecular complexity index is 771. The summed E-state index contributed by atoms with van der Waals surface area (Å²) in [7, 11) is -3.21. The molecule has 1 aliphatic carbocycles. The molecular formula is C14H13ClN2O3S. The lowest BCUT2D eigenvalue weighted by atomic mass is 10.3. The molecule has 1 fully saturated rings. The third-order valence-electron chi connectivity index (χ3n) is 3.11. The van der Waals surface area contributed by atoms with E-state index >= 15 is 0 Å². The first kappa shape index (κ1) is 14.3. The molecule has 0 radical (unpaired) electrons. The fourth-order valence-corrected chi connectivity index (χ4v) is 2.68. The Morgan fingerprint density at radius 1 is 1.19 bits per heavy atom. The SMILES string of the molecule is CS(=O)(=O)c1ccc(Oc2cc(Cl)nc(C3CC3)n2)cc1. The van der Waals surface area contributed by atoms with Gasteiger partial charge in [0, 0.05) is 18.2 Å².